The van der Waals surface area contributed by atoms with Crippen LogP contribution < -0.4 is 0 Å². The fourth-order valence-electron chi connectivity index (χ4n) is 2.92. The first-order valence-electron chi connectivity index (χ1n) is 8.29. The van der Waals surface area contributed by atoms with Crippen molar-refractivity contribution in [3.63, 3.8) is 0 Å². The van der Waals surface area contributed by atoms with Crippen LogP contribution in [-0.2, 0) is 17.9 Å². The molecule has 4 rings (SSSR count). The smallest absolute Gasteiger partial charge is 0.102 e. The van der Waals surface area contributed by atoms with Gasteiger partial charge in [-0.1, -0.05) is 53.0 Å². The van der Waals surface area contributed by atoms with Crippen molar-refractivity contribution in [3.8, 4) is 0 Å². The summed E-state index contributed by atoms with van der Waals surface area (Å²) in [5.74, 6) is 0. The number of nitrogens with zero attached hydrogens (tertiary/aromatic N) is 2. The van der Waals surface area contributed by atoms with E-state index < -0.39 is 0 Å². The Morgan fingerprint density at radius 3 is 2.70 bits per heavy atom. The third-order valence-electron chi connectivity index (χ3n) is 4.22. The van der Waals surface area contributed by atoms with Crippen LogP contribution in [0.3, 0.4) is 0 Å². The van der Waals surface area contributed by atoms with Gasteiger partial charge in [0.25, 0.3) is 0 Å². The number of halogens is 3. The minimum absolute atomic E-state index is 0.232. The summed E-state index contributed by atoms with van der Waals surface area (Å²) in [6.07, 6.45) is 5.18. The maximum atomic E-state index is 6.43. The lowest BCUT2D eigenvalue weighted by atomic mass is 10.1. The average Bonchev–Trinajstić information content (AvgIpc) is 3.29. The highest BCUT2D eigenvalue weighted by molar-refractivity contribution is 7.19. The zero-order valence-electron chi connectivity index (χ0n) is 14.1. The molecule has 27 heavy (non-hydrogen) atoms. The molecular weight excluding hydrogens is 423 g/mol. The number of aromatic nitrogens is 2. The van der Waals surface area contributed by atoms with Gasteiger partial charge in [-0.15, -0.1) is 11.3 Å². The molecule has 0 aliphatic rings. The molecule has 3 nitrogen and oxygen atoms in total. The quantitative estimate of drug-likeness (QED) is 0.324. The largest absolute Gasteiger partial charge is 0.366 e. The number of hydrogen-bond donors (Lipinski definition) is 0. The Hall–Kier alpha value is -1.56. The molecular formula is C20H15Cl3N2OS. The van der Waals surface area contributed by atoms with Crippen LogP contribution in [0.4, 0.5) is 0 Å². The molecule has 0 fully saturated rings. The van der Waals surface area contributed by atoms with E-state index in [1.807, 2.05) is 35.0 Å². The molecule has 0 amide bonds. The molecule has 2 aromatic heterocycles. The van der Waals surface area contributed by atoms with E-state index in [2.05, 4.69) is 17.1 Å². The summed E-state index contributed by atoms with van der Waals surface area (Å²) in [6.45, 7) is 1.07. The van der Waals surface area contributed by atoms with Crippen molar-refractivity contribution in [3.05, 3.63) is 86.7 Å². The van der Waals surface area contributed by atoms with Crippen LogP contribution in [-0.4, -0.2) is 9.55 Å². The topological polar surface area (TPSA) is 27.1 Å². The molecule has 138 valence electrons. The van der Waals surface area contributed by atoms with E-state index in [9.17, 15) is 0 Å². The molecule has 0 saturated heterocycles. The highest BCUT2D eigenvalue weighted by atomic mass is 35.5. The second-order valence-corrected chi connectivity index (χ2v) is 8.48. The Bertz CT molecular complexity index is 1060. The summed E-state index contributed by atoms with van der Waals surface area (Å²) in [7, 11) is 0. The van der Waals surface area contributed by atoms with Gasteiger partial charge in [0.1, 0.15) is 6.10 Å². The summed E-state index contributed by atoms with van der Waals surface area (Å²) in [5.41, 5.74) is 0.897. The van der Waals surface area contributed by atoms with Crippen molar-refractivity contribution in [1.29, 1.82) is 0 Å². The van der Waals surface area contributed by atoms with E-state index in [1.54, 1.807) is 29.9 Å². The molecule has 0 aliphatic carbocycles. The molecule has 0 radical (unpaired) electrons. The lowest BCUT2D eigenvalue weighted by Gasteiger charge is -2.20. The maximum Gasteiger partial charge on any atom is 0.102 e. The normalized spacial score (nSPS) is 12.6. The molecule has 2 heterocycles. The lowest BCUT2D eigenvalue weighted by Crippen LogP contribution is -2.12. The van der Waals surface area contributed by atoms with Gasteiger partial charge in [-0.2, -0.15) is 0 Å². The summed E-state index contributed by atoms with van der Waals surface area (Å²) >= 11 is 20.4. The first-order valence-corrected chi connectivity index (χ1v) is 10.2. The van der Waals surface area contributed by atoms with Crippen molar-refractivity contribution in [2.45, 2.75) is 19.3 Å². The maximum absolute atomic E-state index is 6.43. The molecule has 4 aromatic rings. The monoisotopic (exact) mass is 436 g/mol. The van der Waals surface area contributed by atoms with Gasteiger partial charge in [-0.25, -0.2) is 4.98 Å². The predicted molar refractivity (Wildman–Crippen MR) is 113 cm³/mol. The van der Waals surface area contributed by atoms with Crippen molar-refractivity contribution < 1.29 is 4.74 Å². The fraction of sp³-hybridized carbons (Fsp3) is 0.150. The van der Waals surface area contributed by atoms with Gasteiger partial charge >= 0.3 is 0 Å². The van der Waals surface area contributed by atoms with Crippen LogP contribution >= 0.6 is 46.1 Å². The number of rotatable bonds is 6. The predicted octanol–water partition coefficient (Wildman–Crippen LogP) is 7.02. The van der Waals surface area contributed by atoms with Crippen molar-refractivity contribution in [2.75, 3.05) is 0 Å². The van der Waals surface area contributed by atoms with Crippen molar-refractivity contribution in [2.24, 2.45) is 0 Å². The zero-order chi connectivity index (χ0) is 18.8. The van der Waals surface area contributed by atoms with E-state index in [-0.39, 0.29) is 6.10 Å². The van der Waals surface area contributed by atoms with Crippen LogP contribution in [0, 0.1) is 0 Å². The van der Waals surface area contributed by atoms with Crippen molar-refractivity contribution >= 4 is 56.2 Å². The number of imidazole rings is 1. The minimum atomic E-state index is -0.232. The lowest BCUT2D eigenvalue weighted by molar-refractivity contribution is 0.0295. The Morgan fingerprint density at radius 1 is 1.07 bits per heavy atom. The van der Waals surface area contributed by atoms with E-state index in [1.165, 1.54) is 0 Å². The van der Waals surface area contributed by atoms with Crippen LogP contribution in [0.2, 0.25) is 15.1 Å². The molecule has 0 spiro atoms. The van der Waals surface area contributed by atoms with Crippen LogP contribution in [0.5, 0.6) is 0 Å². The Kier molecular flexibility index (Phi) is 5.71. The Labute approximate surface area is 176 Å². The van der Waals surface area contributed by atoms with Crippen molar-refractivity contribution in [1.82, 2.24) is 9.55 Å². The molecule has 1 unspecified atom stereocenters. The molecule has 7 heteroatoms. The first kappa shape index (κ1) is 18.8. The standard InChI is InChI=1S/C20H15Cl3N2OS/c21-14-4-5-16(18(23)9-14)19(10-25-7-6-24-12-25)26-11-15-8-13-2-1-3-17(22)20(13)27-15/h1-9,12,19H,10-11H2. The molecule has 0 N–H and O–H groups in total. The zero-order valence-corrected chi connectivity index (χ0v) is 17.2. The molecule has 0 aliphatic heterocycles. The number of fused-ring (bicyclic) bond motifs is 1. The highest BCUT2D eigenvalue weighted by Crippen LogP contribution is 2.34. The van der Waals surface area contributed by atoms with Gasteiger partial charge in [-0.3, -0.25) is 0 Å². The summed E-state index contributed by atoms with van der Waals surface area (Å²) in [5, 5.41) is 3.08. The van der Waals surface area contributed by atoms with Gasteiger partial charge in [-0.05, 0) is 29.7 Å². The van der Waals surface area contributed by atoms with Gasteiger partial charge < -0.3 is 9.30 Å². The van der Waals surface area contributed by atoms with Gasteiger partial charge in [0, 0.05) is 32.9 Å². The second-order valence-electron chi connectivity index (χ2n) is 6.10. The average molecular weight is 438 g/mol. The van der Waals surface area contributed by atoms with E-state index in [0.717, 1.165) is 25.5 Å². The minimum Gasteiger partial charge on any atom is -0.366 e. The second kappa shape index (κ2) is 8.21. The van der Waals surface area contributed by atoms with E-state index in [4.69, 9.17) is 39.5 Å². The SMILES string of the molecule is Clc1ccc(C(Cn2ccnc2)OCc2cc3cccc(Cl)c3s2)c(Cl)c1. The summed E-state index contributed by atoms with van der Waals surface area (Å²) in [6, 6.07) is 13.5. The molecule has 2 aromatic carbocycles. The Morgan fingerprint density at radius 2 is 1.96 bits per heavy atom. The van der Waals surface area contributed by atoms with Gasteiger partial charge in [0.2, 0.25) is 0 Å². The third kappa shape index (κ3) is 4.31. The highest BCUT2D eigenvalue weighted by Gasteiger charge is 2.18. The van der Waals surface area contributed by atoms with E-state index in [0.29, 0.717) is 23.2 Å². The number of thiophene rings is 1. The molecule has 0 saturated carbocycles. The third-order valence-corrected chi connectivity index (χ3v) is 6.37. The number of hydrogen-bond acceptors (Lipinski definition) is 3. The number of ether oxygens (including phenoxy) is 1. The Balaban J connectivity index is 1.59. The fourth-order valence-corrected chi connectivity index (χ4v) is 4.74. The van der Waals surface area contributed by atoms with Gasteiger partial charge in [0.05, 0.1) is 29.2 Å². The van der Waals surface area contributed by atoms with Crippen LogP contribution in [0.1, 0.15) is 16.5 Å². The van der Waals surface area contributed by atoms with Gasteiger partial charge in [0.15, 0.2) is 0 Å². The summed E-state index contributed by atoms with van der Waals surface area (Å²) < 4.78 is 9.32. The van der Waals surface area contributed by atoms with Crippen LogP contribution in [0.25, 0.3) is 10.1 Å². The molecule has 1 atom stereocenters. The van der Waals surface area contributed by atoms with E-state index >= 15 is 0 Å². The van der Waals surface area contributed by atoms with Crippen LogP contribution in [0.15, 0.2) is 61.2 Å². The summed E-state index contributed by atoms with van der Waals surface area (Å²) in [4.78, 5) is 5.21. The first-order chi connectivity index (χ1) is 13.1. The number of benzene rings is 2. The molecule has 0 bridgehead atoms.